The van der Waals surface area contributed by atoms with E-state index < -0.39 is 35.5 Å². The molecule has 7 nitrogen and oxygen atoms in total. The fourth-order valence-electron chi connectivity index (χ4n) is 3.91. The first-order chi connectivity index (χ1) is 15.4. The van der Waals surface area contributed by atoms with Crippen LogP contribution in [0.4, 0.5) is 18.6 Å². The van der Waals surface area contributed by atoms with E-state index in [1.165, 1.54) is 23.3 Å². The maximum Gasteiger partial charge on any atom is 0.320 e. The number of thiophene rings is 1. The summed E-state index contributed by atoms with van der Waals surface area (Å²) in [7, 11) is 1.29. The number of urea groups is 1. The highest BCUT2D eigenvalue weighted by Crippen LogP contribution is 2.34. The van der Waals surface area contributed by atoms with Crippen molar-refractivity contribution in [2.24, 2.45) is 0 Å². The Morgan fingerprint density at radius 1 is 1.25 bits per heavy atom. The topological polar surface area (TPSA) is 90.9 Å². The monoisotopic (exact) mass is 461 g/mol. The zero-order valence-corrected chi connectivity index (χ0v) is 17.9. The van der Waals surface area contributed by atoms with Crippen molar-refractivity contribution in [2.45, 2.75) is 12.0 Å². The van der Waals surface area contributed by atoms with Crippen molar-refractivity contribution >= 4 is 38.4 Å². The molecule has 2 unspecified atom stereocenters. The molecule has 0 saturated carbocycles. The standard InChI is InChI=1S/C22H21F2N3O4S/c1-31-13-9-15(23)19(16(24)10-13)14-11-27(6-7-28)21(29)20(14)26-22(30)25-18-8-12-4-2-3-5-17(12)32-18/h2-5,8-10,14,20,28H,6-7,11H2,1H3,(H2,25,26,30). The number of likely N-dealkylation sites (tertiary alicyclic amines) is 1. The number of hydrogen-bond donors (Lipinski definition) is 3. The molecular weight excluding hydrogens is 440 g/mol. The van der Waals surface area contributed by atoms with Gasteiger partial charge in [-0.05, 0) is 17.5 Å². The SMILES string of the molecule is COc1cc(F)c(C2CN(CCO)C(=O)C2NC(=O)Nc2cc3ccccc3s2)c(F)c1. The number of fused-ring (bicyclic) bond motifs is 1. The van der Waals surface area contributed by atoms with Crippen molar-refractivity contribution in [3.63, 3.8) is 0 Å². The number of anilines is 1. The Hall–Kier alpha value is -3.24. The first kappa shape index (κ1) is 22.0. The lowest BCUT2D eigenvalue weighted by molar-refractivity contribution is -0.129. The zero-order valence-electron chi connectivity index (χ0n) is 17.1. The number of rotatable bonds is 6. The Bertz CT molecular complexity index is 1110. The van der Waals surface area contributed by atoms with Gasteiger partial charge in [0, 0.05) is 41.4 Å². The molecule has 10 heteroatoms. The predicted molar refractivity (Wildman–Crippen MR) is 117 cm³/mol. The summed E-state index contributed by atoms with van der Waals surface area (Å²) in [5.74, 6) is -3.24. The smallest absolute Gasteiger partial charge is 0.320 e. The van der Waals surface area contributed by atoms with Crippen LogP contribution in [0.2, 0.25) is 0 Å². The lowest BCUT2D eigenvalue weighted by Gasteiger charge is -2.20. The molecule has 0 bridgehead atoms. The lowest BCUT2D eigenvalue weighted by atomic mass is 9.93. The molecule has 168 valence electrons. The third-order valence-corrected chi connectivity index (χ3v) is 6.41. The molecule has 2 atom stereocenters. The van der Waals surface area contributed by atoms with E-state index >= 15 is 0 Å². The second-order valence-corrected chi connectivity index (χ2v) is 8.43. The summed E-state index contributed by atoms with van der Waals surface area (Å²) >= 11 is 1.36. The maximum absolute atomic E-state index is 14.7. The molecule has 3 amide bonds. The number of hydrogen-bond acceptors (Lipinski definition) is 5. The van der Waals surface area contributed by atoms with Crippen molar-refractivity contribution in [1.29, 1.82) is 0 Å². The maximum atomic E-state index is 14.7. The Labute approximate surface area is 186 Å². The van der Waals surface area contributed by atoms with E-state index in [4.69, 9.17) is 4.74 Å². The van der Waals surface area contributed by atoms with E-state index in [0.717, 1.165) is 22.2 Å². The third-order valence-electron chi connectivity index (χ3n) is 5.38. The van der Waals surface area contributed by atoms with Gasteiger partial charge >= 0.3 is 6.03 Å². The van der Waals surface area contributed by atoms with Crippen LogP contribution in [0.3, 0.4) is 0 Å². The van der Waals surface area contributed by atoms with Gasteiger partial charge in [0.25, 0.3) is 0 Å². The van der Waals surface area contributed by atoms with Gasteiger partial charge in [0.05, 0.1) is 18.7 Å². The lowest BCUT2D eigenvalue weighted by Crippen LogP contribution is -2.45. The summed E-state index contributed by atoms with van der Waals surface area (Å²) in [5, 5.41) is 16.0. The number of aliphatic hydroxyl groups is 1. The Kier molecular flexibility index (Phi) is 6.24. The molecule has 3 aromatic rings. The predicted octanol–water partition coefficient (Wildman–Crippen LogP) is 3.30. The number of halogens is 2. The van der Waals surface area contributed by atoms with Crippen LogP contribution in [0.1, 0.15) is 11.5 Å². The quantitative estimate of drug-likeness (QED) is 0.526. The van der Waals surface area contributed by atoms with Crippen LogP contribution in [0.5, 0.6) is 5.75 Å². The number of amides is 3. The third kappa shape index (κ3) is 4.23. The minimum atomic E-state index is -1.20. The van der Waals surface area contributed by atoms with E-state index in [1.54, 1.807) is 6.07 Å². The molecule has 1 fully saturated rings. The van der Waals surface area contributed by atoms with Crippen LogP contribution < -0.4 is 15.4 Å². The molecule has 1 aliphatic heterocycles. The number of carbonyl (C=O) groups excluding carboxylic acids is 2. The minimum Gasteiger partial charge on any atom is -0.497 e. The summed E-state index contributed by atoms with van der Waals surface area (Å²) in [6, 6.07) is 9.60. The number of methoxy groups -OCH3 is 1. The number of β-amino-alcohol motifs (C(OH)–C–C–N with tert-alkyl or cyclic N) is 1. The average Bonchev–Trinajstić information content (AvgIpc) is 3.29. The minimum absolute atomic E-state index is 0.00676. The van der Waals surface area contributed by atoms with Crippen LogP contribution in [-0.4, -0.2) is 54.8 Å². The van der Waals surface area contributed by atoms with Crippen molar-refractivity contribution in [3.05, 3.63) is 59.7 Å². The van der Waals surface area contributed by atoms with Crippen LogP contribution in [-0.2, 0) is 4.79 Å². The zero-order chi connectivity index (χ0) is 22.8. The van der Waals surface area contributed by atoms with Crippen molar-refractivity contribution < 1.29 is 28.2 Å². The van der Waals surface area contributed by atoms with Gasteiger partial charge in [-0.15, -0.1) is 11.3 Å². The fraction of sp³-hybridized carbons (Fsp3) is 0.273. The van der Waals surface area contributed by atoms with Crippen LogP contribution in [0, 0.1) is 11.6 Å². The van der Waals surface area contributed by atoms with Crippen molar-refractivity contribution in [2.75, 3.05) is 32.1 Å². The van der Waals surface area contributed by atoms with E-state index in [9.17, 15) is 23.5 Å². The molecule has 1 saturated heterocycles. The van der Waals surface area contributed by atoms with Crippen LogP contribution in [0.15, 0.2) is 42.5 Å². The highest BCUT2D eigenvalue weighted by Gasteiger charge is 2.44. The van der Waals surface area contributed by atoms with Gasteiger partial charge in [0.2, 0.25) is 5.91 Å². The highest BCUT2D eigenvalue weighted by atomic mass is 32.1. The Balaban J connectivity index is 1.59. The summed E-state index contributed by atoms with van der Waals surface area (Å²) in [6.45, 7) is -0.370. The van der Waals surface area contributed by atoms with Gasteiger partial charge in [-0.3, -0.25) is 10.1 Å². The highest BCUT2D eigenvalue weighted by molar-refractivity contribution is 7.22. The first-order valence-corrected chi connectivity index (χ1v) is 10.7. The van der Waals surface area contributed by atoms with Gasteiger partial charge < -0.3 is 20.1 Å². The number of ether oxygens (including phenoxy) is 1. The molecule has 0 aliphatic carbocycles. The van der Waals surface area contributed by atoms with E-state index in [1.807, 2.05) is 24.3 Å². The van der Waals surface area contributed by atoms with Gasteiger partial charge in [-0.2, -0.15) is 0 Å². The van der Waals surface area contributed by atoms with E-state index in [0.29, 0.717) is 5.00 Å². The largest absolute Gasteiger partial charge is 0.497 e. The van der Waals surface area contributed by atoms with Gasteiger partial charge in [0.15, 0.2) is 0 Å². The Morgan fingerprint density at radius 3 is 2.62 bits per heavy atom. The number of benzene rings is 2. The summed E-state index contributed by atoms with van der Waals surface area (Å²) in [4.78, 5) is 26.8. The molecule has 2 aromatic carbocycles. The summed E-state index contributed by atoms with van der Waals surface area (Å²) in [5.41, 5.74) is -0.313. The molecule has 1 aliphatic rings. The molecular formula is C22H21F2N3O4S. The van der Waals surface area contributed by atoms with Crippen LogP contribution >= 0.6 is 11.3 Å². The number of aliphatic hydroxyl groups excluding tert-OH is 1. The molecule has 4 rings (SSSR count). The molecule has 0 spiro atoms. The van der Waals surface area contributed by atoms with Gasteiger partial charge in [0.1, 0.15) is 23.4 Å². The van der Waals surface area contributed by atoms with Gasteiger partial charge in [-0.1, -0.05) is 18.2 Å². The van der Waals surface area contributed by atoms with Crippen LogP contribution in [0.25, 0.3) is 10.1 Å². The summed E-state index contributed by atoms with van der Waals surface area (Å²) in [6.07, 6.45) is 0. The average molecular weight is 461 g/mol. The second-order valence-electron chi connectivity index (χ2n) is 7.34. The second kappa shape index (κ2) is 9.09. The number of nitrogens with zero attached hydrogens (tertiary/aromatic N) is 1. The van der Waals surface area contributed by atoms with Gasteiger partial charge in [-0.25, -0.2) is 13.6 Å². The van der Waals surface area contributed by atoms with Crippen molar-refractivity contribution in [3.8, 4) is 5.75 Å². The number of nitrogens with one attached hydrogen (secondary N) is 2. The molecule has 3 N–H and O–H groups in total. The number of carbonyl (C=O) groups is 2. The molecule has 0 radical (unpaired) electrons. The fourth-order valence-corrected chi connectivity index (χ4v) is 4.87. The summed E-state index contributed by atoms with van der Waals surface area (Å²) < 4.78 is 35.3. The Morgan fingerprint density at radius 2 is 1.97 bits per heavy atom. The normalized spacial score (nSPS) is 18.2. The van der Waals surface area contributed by atoms with E-state index in [-0.39, 0.29) is 31.0 Å². The van der Waals surface area contributed by atoms with Crippen molar-refractivity contribution in [1.82, 2.24) is 10.2 Å². The molecule has 1 aromatic heterocycles. The first-order valence-electron chi connectivity index (χ1n) is 9.90. The van der Waals surface area contributed by atoms with E-state index in [2.05, 4.69) is 10.6 Å². The molecule has 32 heavy (non-hydrogen) atoms. The molecule has 2 heterocycles.